The topological polar surface area (TPSA) is 87.8 Å². The molecule has 0 fully saturated rings. The molecule has 7 heteroatoms. The van der Waals surface area contributed by atoms with Crippen LogP contribution in [-0.2, 0) is 10.0 Å². The van der Waals surface area contributed by atoms with E-state index in [1.54, 1.807) is 0 Å². The molecule has 0 saturated heterocycles. The second-order valence-corrected chi connectivity index (χ2v) is 6.52. The molecule has 0 amide bonds. The highest BCUT2D eigenvalue weighted by molar-refractivity contribution is 7.89. The van der Waals surface area contributed by atoms with Crippen LogP contribution in [0.25, 0.3) is 11.0 Å². The average Bonchev–Trinajstić information content (AvgIpc) is 2.46. The van der Waals surface area contributed by atoms with Crippen LogP contribution in [0.3, 0.4) is 0 Å². The highest BCUT2D eigenvalue weighted by Gasteiger charge is 2.23. The van der Waals surface area contributed by atoms with E-state index in [0.29, 0.717) is 23.9 Å². The Hall–Kier alpha value is -1.70. The van der Waals surface area contributed by atoms with Crippen LogP contribution in [0.4, 0.5) is 0 Å². The van der Waals surface area contributed by atoms with E-state index in [1.807, 2.05) is 6.92 Å². The standard InChI is InChI=1S/C14H17NO5S/c1-2-7-15(8-9-16)21(18,19)12-4-5-13-11(10-12)3-6-14(17)20-13/h3-6,10,16H,2,7-9H2,1H3. The fraction of sp³-hybridized carbons (Fsp3) is 0.357. The van der Waals surface area contributed by atoms with Crippen LogP contribution in [0.2, 0.25) is 0 Å². The summed E-state index contributed by atoms with van der Waals surface area (Å²) in [4.78, 5) is 11.2. The van der Waals surface area contributed by atoms with Crippen LogP contribution >= 0.6 is 0 Å². The van der Waals surface area contributed by atoms with Crippen molar-refractivity contribution in [3.63, 3.8) is 0 Å². The number of aliphatic hydroxyl groups excluding tert-OH is 1. The van der Waals surface area contributed by atoms with Crippen LogP contribution in [0.1, 0.15) is 13.3 Å². The Balaban J connectivity index is 2.48. The minimum atomic E-state index is -3.67. The zero-order valence-electron chi connectivity index (χ0n) is 11.7. The van der Waals surface area contributed by atoms with Gasteiger partial charge in [0, 0.05) is 24.5 Å². The molecular weight excluding hydrogens is 294 g/mol. The zero-order valence-corrected chi connectivity index (χ0v) is 12.5. The van der Waals surface area contributed by atoms with E-state index in [0.717, 1.165) is 0 Å². The third kappa shape index (κ3) is 3.31. The van der Waals surface area contributed by atoms with Crippen LogP contribution in [0.5, 0.6) is 0 Å². The average molecular weight is 311 g/mol. The smallest absolute Gasteiger partial charge is 0.336 e. The van der Waals surface area contributed by atoms with Crippen molar-refractivity contribution in [1.82, 2.24) is 4.31 Å². The largest absolute Gasteiger partial charge is 0.423 e. The van der Waals surface area contributed by atoms with Gasteiger partial charge in [-0.1, -0.05) is 6.92 Å². The molecule has 0 spiro atoms. The maximum Gasteiger partial charge on any atom is 0.336 e. The minimum Gasteiger partial charge on any atom is -0.423 e. The van der Waals surface area contributed by atoms with Gasteiger partial charge in [0.1, 0.15) is 5.58 Å². The summed E-state index contributed by atoms with van der Waals surface area (Å²) in [6.07, 6.45) is 0.654. The molecule has 0 radical (unpaired) electrons. The Morgan fingerprint density at radius 1 is 1.19 bits per heavy atom. The molecule has 0 aliphatic heterocycles. The number of nitrogens with zero attached hydrogens (tertiary/aromatic N) is 1. The summed E-state index contributed by atoms with van der Waals surface area (Å²) in [7, 11) is -3.67. The summed E-state index contributed by atoms with van der Waals surface area (Å²) in [5, 5.41) is 9.56. The van der Waals surface area contributed by atoms with Gasteiger partial charge < -0.3 is 9.52 Å². The van der Waals surface area contributed by atoms with Gasteiger partial charge >= 0.3 is 5.63 Å². The summed E-state index contributed by atoms with van der Waals surface area (Å²) in [6.45, 7) is 2.03. The second kappa shape index (κ2) is 6.38. The van der Waals surface area contributed by atoms with Gasteiger partial charge in [0.15, 0.2) is 0 Å². The van der Waals surface area contributed by atoms with Gasteiger partial charge in [-0.25, -0.2) is 13.2 Å². The van der Waals surface area contributed by atoms with E-state index < -0.39 is 15.6 Å². The monoisotopic (exact) mass is 311 g/mol. The summed E-state index contributed by atoms with van der Waals surface area (Å²) < 4.78 is 31.3. The third-order valence-electron chi connectivity index (χ3n) is 3.05. The number of fused-ring (bicyclic) bond motifs is 1. The molecule has 1 N–H and O–H groups in total. The first-order valence-electron chi connectivity index (χ1n) is 6.64. The van der Waals surface area contributed by atoms with Crippen molar-refractivity contribution >= 4 is 21.0 Å². The molecule has 1 heterocycles. The number of aliphatic hydroxyl groups is 1. The minimum absolute atomic E-state index is 0.0537. The van der Waals surface area contributed by atoms with Crippen molar-refractivity contribution in [2.75, 3.05) is 19.7 Å². The Bertz CT molecular complexity index is 775. The lowest BCUT2D eigenvalue weighted by molar-refractivity contribution is 0.253. The molecule has 2 rings (SSSR count). The lowest BCUT2D eigenvalue weighted by Crippen LogP contribution is -2.34. The molecule has 0 unspecified atom stereocenters. The Labute approximate surface area is 122 Å². The quantitative estimate of drug-likeness (QED) is 0.810. The molecular formula is C14H17NO5S. The van der Waals surface area contributed by atoms with Crippen LogP contribution < -0.4 is 5.63 Å². The van der Waals surface area contributed by atoms with E-state index in [2.05, 4.69) is 0 Å². The first-order valence-corrected chi connectivity index (χ1v) is 8.08. The predicted octanol–water partition coefficient (Wildman–Crippen LogP) is 1.19. The van der Waals surface area contributed by atoms with Crippen molar-refractivity contribution in [3.8, 4) is 0 Å². The van der Waals surface area contributed by atoms with Crippen molar-refractivity contribution < 1.29 is 17.9 Å². The Morgan fingerprint density at radius 2 is 1.95 bits per heavy atom. The molecule has 2 aromatic rings. The first-order chi connectivity index (χ1) is 9.98. The van der Waals surface area contributed by atoms with E-state index in [1.165, 1.54) is 34.6 Å². The lowest BCUT2D eigenvalue weighted by atomic mass is 10.2. The van der Waals surface area contributed by atoms with Crippen LogP contribution in [0, 0.1) is 0 Å². The van der Waals surface area contributed by atoms with Gasteiger partial charge in [0.25, 0.3) is 0 Å². The maximum absolute atomic E-state index is 12.5. The molecule has 0 atom stereocenters. The van der Waals surface area contributed by atoms with Crippen molar-refractivity contribution in [2.45, 2.75) is 18.2 Å². The molecule has 0 bridgehead atoms. The maximum atomic E-state index is 12.5. The molecule has 0 aliphatic rings. The second-order valence-electron chi connectivity index (χ2n) is 4.58. The first kappa shape index (κ1) is 15.7. The number of benzene rings is 1. The number of sulfonamides is 1. The fourth-order valence-electron chi connectivity index (χ4n) is 2.07. The molecule has 1 aromatic heterocycles. The molecule has 6 nitrogen and oxygen atoms in total. The van der Waals surface area contributed by atoms with Gasteiger partial charge in [0.2, 0.25) is 10.0 Å². The van der Waals surface area contributed by atoms with Crippen LogP contribution in [-0.4, -0.2) is 37.5 Å². The number of hydrogen-bond acceptors (Lipinski definition) is 5. The van der Waals surface area contributed by atoms with Gasteiger partial charge in [-0.05, 0) is 30.7 Å². The summed E-state index contributed by atoms with van der Waals surface area (Å²) >= 11 is 0. The van der Waals surface area contributed by atoms with Crippen LogP contribution in [0.15, 0.2) is 44.4 Å². The SMILES string of the molecule is CCCN(CCO)S(=O)(=O)c1ccc2oc(=O)ccc2c1. The number of rotatable bonds is 6. The molecule has 1 aromatic carbocycles. The van der Waals surface area contributed by atoms with E-state index in [9.17, 15) is 13.2 Å². The van der Waals surface area contributed by atoms with Gasteiger partial charge in [-0.2, -0.15) is 4.31 Å². The summed E-state index contributed by atoms with van der Waals surface area (Å²) in [5.74, 6) is 0. The van der Waals surface area contributed by atoms with Crippen molar-refractivity contribution in [2.24, 2.45) is 0 Å². The van der Waals surface area contributed by atoms with E-state index in [-0.39, 0.29) is 18.0 Å². The Morgan fingerprint density at radius 3 is 2.62 bits per heavy atom. The Kier molecular flexibility index (Phi) is 4.76. The van der Waals surface area contributed by atoms with Gasteiger partial charge in [0.05, 0.1) is 11.5 Å². The highest BCUT2D eigenvalue weighted by atomic mass is 32.2. The highest BCUT2D eigenvalue weighted by Crippen LogP contribution is 2.21. The molecule has 114 valence electrons. The predicted molar refractivity (Wildman–Crippen MR) is 78.6 cm³/mol. The molecule has 0 saturated carbocycles. The van der Waals surface area contributed by atoms with Gasteiger partial charge in [-0.3, -0.25) is 0 Å². The van der Waals surface area contributed by atoms with Crippen molar-refractivity contribution in [1.29, 1.82) is 0 Å². The molecule has 21 heavy (non-hydrogen) atoms. The van der Waals surface area contributed by atoms with Gasteiger partial charge in [-0.15, -0.1) is 0 Å². The zero-order chi connectivity index (χ0) is 15.5. The van der Waals surface area contributed by atoms with Crippen molar-refractivity contribution in [3.05, 3.63) is 40.8 Å². The fourth-order valence-corrected chi connectivity index (χ4v) is 3.63. The number of hydrogen-bond donors (Lipinski definition) is 1. The lowest BCUT2D eigenvalue weighted by Gasteiger charge is -2.20. The van der Waals surface area contributed by atoms with E-state index in [4.69, 9.17) is 9.52 Å². The summed E-state index contributed by atoms with van der Waals surface area (Å²) in [5.41, 5.74) is -0.142. The normalized spacial score (nSPS) is 12.1. The van der Waals surface area contributed by atoms with E-state index >= 15 is 0 Å². The molecule has 0 aliphatic carbocycles. The third-order valence-corrected chi connectivity index (χ3v) is 4.95. The summed E-state index contributed by atoms with van der Waals surface area (Å²) in [6, 6.07) is 7.10.